The summed E-state index contributed by atoms with van der Waals surface area (Å²) in [7, 11) is -2.05. The summed E-state index contributed by atoms with van der Waals surface area (Å²) in [4.78, 5) is 12.4. The van der Waals surface area contributed by atoms with Crippen LogP contribution in [0.4, 0.5) is 11.4 Å². The summed E-state index contributed by atoms with van der Waals surface area (Å²) in [6.45, 7) is 1.90. The minimum absolute atomic E-state index is 0.120. The number of nitrogens with one attached hydrogen (secondary N) is 2. The van der Waals surface area contributed by atoms with Gasteiger partial charge in [-0.1, -0.05) is 29.8 Å². The molecule has 1 amide bonds. The van der Waals surface area contributed by atoms with Crippen molar-refractivity contribution in [3.8, 4) is 5.75 Å². The molecule has 0 bridgehead atoms. The standard InChI is InChI=1S/C23H24N2O4S/c1-17-6-13-22(14-7-17)30(27,28)25-20-11-9-19(10-12-20)24-23(26)15-8-18-4-3-5-21(16-18)29-2/h3-7,9-14,16,25H,8,15H2,1-2H3,(H,24,26). The summed E-state index contributed by atoms with van der Waals surface area (Å²) >= 11 is 0. The number of sulfonamides is 1. The highest BCUT2D eigenvalue weighted by Crippen LogP contribution is 2.19. The SMILES string of the molecule is COc1cccc(CCC(=O)Nc2ccc(NS(=O)(=O)c3ccc(C)cc3)cc2)c1. The molecule has 0 aliphatic carbocycles. The molecule has 0 aromatic heterocycles. The Bertz CT molecular complexity index is 1110. The number of methoxy groups -OCH3 is 1. The zero-order chi connectivity index (χ0) is 21.6. The van der Waals surface area contributed by atoms with Gasteiger partial charge in [0.25, 0.3) is 10.0 Å². The summed E-state index contributed by atoms with van der Waals surface area (Å²) < 4.78 is 32.6. The Morgan fingerprint density at radius 1 is 0.933 bits per heavy atom. The van der Waals surface area contributed by atoms with Gasteiger partial charge in [-0.15, -0.1) is 0 Å². The number of aryl methyl sites for hydroxylation is 2. The van der Waals surface area contributed by atoms with Crippen LogP contribution in [0.5, 0.6) is 5.75 Å². The zero-order valence-electron chi connectivity index (χ0n) is 16.9. The fraction of sp³-hybridized carbons (Fsp3) is 0.174. The Balaban J connectivity index is 1.56. The van der Waals surface area contributed by atoms with Crippen molar-refractivity contribution >= 4 is 27.3 Å². The number of hydrogen-bond donors (Lipinski definition) is 2. The second kappa shape index (κ2) is 9.45. The fourth-order valence-electron chi connectivity index (χ4n) is 2.86. The predicted molar refractivity (Wildman–Crippen MR) is 118 cm³/mol. The molecule has 0 unspecified atom stereocenters. The van der Waals surface area contributed by atoms with E-state index in [4.69, 9.17) is 4.74 Å². The smallest absolute Gasteiger partial charge is 0.261 e. The van der Waals surface area contributed by atoms with Crippen LogP contribution in [-0.2, 0) is 21.2 Å². The van der Waals surface area contributed by atoms with Crippen molar-refractivity contribution in [3.63, 3.8) is 0 Å². The Kier molecular flexibility index (Phi) is 6.74. The number of hydrogen-bond acceptors (Lipinski definition) is 4. The number of rotatable bonds is 8. The highest BCUT2D eigenvalue weighted by Gasteiger charge is 2.13. The third-order valence-corrected chi connectivity index (χ3v) is 5.92. The van der Waals surface area contributed by atoms with E-state index in [1.165, 1.54) is 0 Å². The Morgan fingerprint density at radius 3 is 2.27 bits per heavy atom. The maximum Gasteiger partial charge on any atom is 0.261 e. The molecule has 0 aliphatic rings. The molecule has 0 saturated carbocycles. The van der Waals surface area contributed by atoms with Crippen molar-refractivity contribution in [2.24, 2.45) is 0 Å². The average Bonchev–Trinajstić information content (AvgIpc) is 2.74. The van der Waals surface area contributed by atoms with E-state index >= 15 is 0 Å². The van der Waals surface area contributed by atoms with E-state index in [0.717, 1.165) is 16.9 Å². The topological polar surface area (TPSA) is 84.5 Å². The largest absolute Gasteiger partial charge is 0.497 e. The number of carbonyl (C=O) groups is 1. The monoisotopic (exact) mass is 424 g/mol. The number of benzene rings is 3. The van der Waals surface area contributed by atoms with E-state index in [9.17, 15) is 13.2 Å². The van der Waals surface area contributed by atoms with Crippen LogP contribution in [0.3, 0.4) is 0 Å². The van der Waals surface area contributed by atoms with Gasteiger partial charge < -0.3 is 10.1 Å². The molecule has 7 heteroatoms. The minimum atomic E-state index is -3.66. The molecule has 6 nitrogen and oxygen atoms in total. The van der Waals surface area contributed by atoms with Gasteiger partial charge in [0.2, 0.25) is 5.91 Å². The molecule has 3 aromatic rings. The van der Waals surface area contributed by atoms with E-state index in [0.29, 0.717) is 24.2 Å². The van der Waals surface area contributed by atoms with Gasteiger partial charge in [-0.05, 0) is 67.4 Å². The van der Waals surface area contributed by atoms with Gasteiger partial charge in [-0.2, -0.15) is 0 Å². The van der Waals surface area contributed by atoms with Crippen LogP contribution in [0, 0.1) is 6.92 Å². The lowest BCUT2D eigenvalue weighted by Gasteiger charge is -2.10. The van der Waals surface area contributed by atoms with E-state index in [-0.39, 0.29) is 10.8 Å². The average molecular weight is 425 g/mol. The number of amides is 1. The summed E-state index contributed by atoms with van der Waals surface area (Å²) in [5.74, 6) is 0.641. The van der Waals surface area contributed by atoms with Crippen molar-refractivity contribution in [2.45, 2.75) is 24.7 Å². The van der Waals surface area contributed by atoms with Crippen molar-refractivity contribution < 1.29 is 17.9 Å². The second-order valence-electron chi connectivity index (χ2n) is 6.90. The summed E-state index contributed by atoms with van der Waals surface area (Å²) in [5, 5.41) is 2.82. The van der Waals surface area contributed by atoms with Crippen LogP contribution in [0.2, 0.25) is 0 Å². The first-order valence-electron chi connectivity index (χ1n) is 9.48. The number of carbonyl (C=O) groups excluding carboxylic acids is 1. The molecule has 2 N–H and O–H groups in total. The van der Waals surface area contributed by atoms with Gasteiger partial charge in [-0.3, -0.25) is 9.52 Å². The van der Waals surface area contributed by atoms with Gasteiger partial charge in [0.15, 0.2) is 0 Å². The maximum atomic E-state index is 12.5. The Morgan fingerprint density at radius 2 is 1.60 bits per heavy atom. The predicted octanol–water partition coefficient (Wildman–Crippen LogP) is 4.38. The summed E-state index contributed by atoms with van der Waals surface area (Å²) in [6.07, 6.45) is 0.923. The first kappa shape index (κ1) is 21.4. The van der Waals surface area contributed by atoms with Crippen molar-refractivity contribution in [1.29, 1.82) is 0 Å². The van der Waals surface area contributed by atoms with Gasteiger partial charge in [0.05, 0.1) is 12.0 Å². The molecule has 30 heavy (non-hydrogen) atoms. The van der Waals surface area contributed by atoms with E-state index < -0.39 is 10.0 Å². The van der Waals surface area contributed by atoms with Gasteiger partial charge in [0.1, 0.15) is 5.75 Å². The molecule has 0 spiro atoms. The van der Waals surface area contributed by atoms with Crippen molar-refractivity contribution in [3.05, 3.63) is 83.9 Å². The lowest BCUT2D eigenvalue weighted by molar-refractivity contribution is -0.116. The van der Waals surface area contributed by atoms with Gasteiger partial charge in [-0.25, -0.2) is 8.42 Å². The fourth-order valence-corrected chi connectivity index (χ4v) is 3.92. The minimum Gasteiger partial charge on any atom is -0.497 e. The van der Waals surface area contributed by atoms with Crippen molar-refractivity contribution in [1.82, 2.24) is 0 Å². The molecule has 0 fully saturated rings. The third-order valence-electron chi connectivity index (χ3n) is 4.53. The quantitative estimate of drug-likeness (QED) is 0.562. The van der Waals surface area contributed by atoms with Gasteiger partial charge >= 0.3 is 0 Å². The van der Waals surface area contributed by atoms with Crippen LogP contribution in [-0.4, -0.2) is 21.4 Å². The molecule has 3 rings (SSSR count). The van der Waals surface area contributed by atoms with Crippen LogP contribution < -0.4 is 14.8 Å². The molecule has 0 heterocycles. The Hall–Kier alpha value is -3.32. The summed E-state index contributed by atoms with van der Waals surface area (Å²) in [5.41, 5.74) is 3.03. The third kappa shape index (κ3) is 5.84. The molecule has 0 saturated heterocycles. The lowest BCUT2D eigenvalue weighted by atomic mass is 10.1. The molecular formula is C23H24N2O4S. The highest BCUT2D eigenvalue weighted by atomic mass is 32.2. The highest BCUT2D eigenvalue weighted by molar-refractivity contribution is 7.92. The second-order valence-corrected chi connectivity index (χ2v) is 8.58. The van der Waals surface area contributed by atoms with Crippen LogP contribution in [0.25, 0.3) is 0 Å². The first-order valence-corrected chi connectivity index (χ1v) is 11.0. The number of anilines is 2. The molecule has 0 radical (unpaired) electrons. The van der Waals surface area contributed by atoms with E-state index in [1.54, 1.807) is 55.6 Å². The van der Waals surface area contributed by atoms with E-state index in [1.807, 2.05) is 31.2 Å². The van der Waals surface area contributed by atoms with Crippen LogP contribution in [0.1, 0.15) is 17.5 Å². The molecule has 0 aliphatic heterocycles. The molecule has 0 atom stereocenters. The van der Waals surface area contributed by atoms with Crippen LogP contribution >= 0.6 is 0 Å². The lowest BCUT2D eigenvalue weighted by Crippen LogP contribution is -2.14. The maximum absolute atomic E-state index is 12.5. The number of ether oxygens (including phenoxy) is 1. The van der Waals surface area contributed by atoms with E-state index in [2.05, 4.69) is 10.0 Å². The zero-order valence-corrected chi connectivity index (χ0v) is 17.7. The van der Waals surface area contributed by atoms with Crippen LogP contribution in [0.15, 0.2) is 77.7 Å². The molecule has 3 aromatic carbocycles. The molecular weight excluding hydrogens is 400 g/mol. The normalized spacial score (nSPS) is 11.0. The van der Waals surface area contributed by atoms with Gasteiger partial charge in [0, 0.05) is 17.8 Å². The van der Waals surface area contributed by atoms with Crippen molar-refractivity contribution in [2.75, 3.05) is 17.1 Å². The molecule has 156 valence electrons. The first-order chi connectivity index (χ1) is 14.4. The Labute approximate surface area is 177 Å². The summed E-state index contributed by atoms with van der Waals surface area (Å²) in [6, 6.07) is 20.8.